The summed E-state index contributed by atoms with van der Waals surface area (Å²) < 4.78 is 27.4. The second-order valence-corrected chi connectivity index (χ2v) is 12.4. The largest absolute Gasteiger partial charge is 0.349 e. The number of fused-ring (bicyclic) bond motifs is 2. The third-order valence-corrected chi connectivity index (χ3v) is 9.80. The molecule has 3 atom stereocenters. The molecule has 1 saturated carbocycles. The molecule has 8 heteroatoms. The molecule has 3 unspecified atom stereocenters. The van der Waals surface area contributed by atoms with Crippen LogP contribution in [0.4, 0.5) is 5.69 Å². The minimum atomic E-state index is -4.01. The highest BCUT2D eigenvalue weighted by Gasteiger charge is 2.36. The molecular formula is C29H29ClN2O4S. The van der Waals surface area contributed by atoms with Gasteiger partial charge in [0.1, 0.15) is 0 Å². The van der Waals surface area contributed by atoms with Gasteiger partial charge in [-0.05, 0) is 66.3 Å². The Bertz CT molecular complexity index is 1490. The van der Waals surface area contributed by atoms with Gasteiger partial charge in [0.2, 0.25) is 9.84 Å². The molecule has 37 heavy (non-hydrogen) atoms. The molecule has 1 aliphatic carbocycles. The summed E-state index contributed by atoms with van der Waals surface area (Å²) in [6.07, 6.45) is 3.11. The predicted octanol–water partition coefficient (Wildman–Crippen LogP) is 5.89. The minimum Gasteiger partial charge on any atom is -0.349 e. The number of hydrogen-bond acceptors (Lipinski definition) is 4. The summed E-state index contributed by atoms with van der Waals surface area (Å²) >= 11 is 6.19. The standard InChI is InChI=1S/C29H29ClN2O4S/c1-18-7-5-11-24(19(18)2)31-28(33)21-13-14-27-25(16-21)32(17-20-8-6-9-22(30)15-20)29(34)23-10-3-4-12-26(23)37(27,35)36/h3-4,6,8-10,12-16,18-19,24H,5,7,11,17H2,1-2H3,(H,31,33). The lowest BCUT2D eigenvalue weighted by molar-refractivity contribution is 0.0889. The zero-order chi connectivity index (χ0) is 26.3. The molecule has 6 nitrogen and oxygen atoms in total. The van der Waals surface area contributed by atoms with Gasteiger partial charge in [-0.3, -0.25) is 9.59 Å². The van der Waals surface area contributed by atoms with Crippen molar-refractivity contribution in [2.75, 3.05) is 4.90 Å². The van der Waals surface area contributed by atoms with Crippen LogP contribution in [0.5, 0.6) is 0 Å². The number of amides is 2. The molecule has 1 fully saturated rings. The van der Waals surface area contributed by atoms with Crippen molar-refractivity contribution >= 4 is 38.9 Å². The predicted molar refractivity (Wildman–Crippen MR) is 144 cm³/mol. The maximum atomic E-state index is 13.8. The number of rotatable bonds is 4. The fraction of sp³-hybridized carbons (Fsp3) is 0.310. The van der Waals surface area contributed by atoms with Gasteiger partial charge < -0.3 is 10.2 Å². The summed E-state index contributed by atoms with van der Waals surface area (Å²) in [6.45, 7) is 4.45. The Hall–Kier alpha value is -3.16. The normalized spacial score (nSPS) is 22.5. The van der Waals surface area contributed by atoms with Crippen LogP contribution in [0.15, 0.2) is 76.5 Å². The van der Waals surface area contributed by atoms with Gasteiger partial charge in [-0.1, -0.05) is 62.6 Å². The molecular weight excluding hydrogens is 508 g/mol. The number of carbonyl (C=O) groups excluding carboxylic acids is 2. The summed E-state index contributed by atoms with van der Waals surface area (Å²) in [5, 5.41) is 3.66. The Balaban J connectivity index is 1.60. The molecule has 0 saturated heterocycles. The van der Waals surface area contributed by atoms with Crippen molar-refractivity contribution in [3.63, 3.8) is 0 Å². The number of hydrogen-bond donors (Lipinski definition) is 1. The Labute approximate surface area is 222 Å². The van der Waals surface area contributed by atoms with Crippen LogP contribution in [-0.4, -0.2) is 26.3 Å². The molecule has 0 radical (unpaired) electrons. The summed E-state index contributed by atoms with van der Waals surface area (Å²) in [7, 11) is -4.01. The van der Waals surface area contributed by atoms with Crippen molar-refractivity contribution in [1.29, 1.82) is 0 Å². The van der Waals surface area contributed by atoms with Crippen molar-refractivity contribution in [3.05, 3.63) is 88.4 Å². The van der Waals surface area contributed by atoms with Crippen molar-refractivity contribution in [1.82, 2.24) is 5.32 Å². The van der Waals surface area contributed by atoms with Crippen LogP contribution < -0.4 is 10.2 Å². The Morgan fingerprint density at radius 3 is 2.57 bits per heavy atom. The number of halogens is 1. The van der Waals surface area contributed by atoms with E-state index in [0.717, 1.165) is 24.8 Å². The van der Waals surface area contributed by atoms with E-state index in [0.29, 0.717) is 22.4 Å². The fourth-order valence-corrected chi connectivity index (χ4v) is 7.20. The Morgan fingerprint density at radius 2 is 1.78 bits per heavy atom. The van der Waals surface area contributed by atoms with E-state index < -0.39 is 15.7 Å². The summed E-state index contributed by atoms with van der Waals surface area (Å²) in [5.41, 5.74) is 1.33. The molecule has 0 bridgehead atoms. The average molecular weight is 537 g/mol. The summed E-state index contributed by atoms with van der Waals surface area (Å²) in [6, 6.07) is 17.8. The van der Waals surface area contributed by atoms with Crippen molar-refractivity contribution in [3.8, 4) is 0 Å². The quantitative estimate of drug-likeness (QED) is 0.451. The average Bonchev–Trinajstić information content (AvgIpc) is 2.95. The van der Waals surface area contributed by atoms with E-state index >= 15 is 0 Å². The molecule has 2 aliphatic rings. The third kappa shape index (κ3) is 4.78. The first-order chi connectivity index (χ1) is 17.7. The molecule has 0 aromatic heterocycles. The monoisotopic (exact) mass is 536 g/mol. The van der Waals surface area contributed by atoms with Crippen LogP contribution in [0.2, 0.25) is 5.02 Å². The van der Waals surface area contributed by atoms with Crippen LogP contribution in [0.3, 0.4) is 0 Å². The van der Waals surface area contributed by atoms with Crippen molar-refractivity contribution in [2.24, 2.45) is 11.8 Å². The number of sulfone groups is 1. The van der Waals surface area contributed by atoms with E-state index in [4.69, 9.17) is 11.6 Å². The first kappa shape index (κ1) is 25.5. The van der Waals surface area contributed by atoms with Gasteiger partial charge in [-0.2, -0.15) is 0 Å². The van der Waals surface area contributed by atoms with Gasteiger partial charge in [0.15, 0.2) is 0 Å². The van der Waals surface area contributed by atoms with E-state index in [1.165, 1.54) is 35.2 Å². The zero-order valence-corrected chi connectivity index (χ0v) is 22.4. The number of nitrogens with one attached hydrogen (secondary N) is 1. The third-order valence-electron chi connectivity index (χ3n) is 7.71. The topological polar surface area (TPSA) is 83.6 Å². The number of anilines is 1. The lowest BCUT2D eigenvalue weighted by Crippen LogP contribution is -2.43. The van der Waals surface area contributed by atoms with E-state index in [1.807, 2.05) is 6.07 Å². The number of benzene rings is 3. The van der Waals surface area contributed by atoms with Crippen LogP contribution in [0, 0.1) is 11.8 Å². The Morgan fingerprint density at radius 1 is 1.00 bits per heavy atom. The summed E-state index contributed by atoms with van der Waals surface area (Å²) in [4.78, 5) is 28.5. The van der Waals surface area contributed by atoms with Crippen LogP contribution >= 0.6 is 11.6 Å². The van der Waals surface area contributed by atoms with E-state index in [1.54, 1.807) is 30.3 Å². The SMILES string of the molecule is CC1CCCC(NC(=O)c2ccc3c(c2)N(Cc2cccc(Cl)c2)C(=O)c2ccccc2S3(=O)=O)C1C. The van der Waals surface area contributed by atoms with Gasteiger partial charge in [0, 0.05) is 16.6 Å². The minimum absolute atomic E-state index is 0.0102. The highest BCUT2D eigenvalue weighted by atomic mass is 35.5. The molecule has 5 rings (SSSR count). The molecule has 1 aliphatic heterocycles. The van der Waals surface area contributed by atoms with E-state index in [-0.39, 0.29) is 39.5 Å². The zero-order valence-electron chi connectivity index (χ0n) is 20.8. The van der Waals surface area contributed by atoms with Gasteiger partial charge in [-0.25, -0.2) is 8.42 Å². The molecule has 3 aromatic rings. The van der Waals surface area contributed by atoms with Crippen LogP contribution in [0.25, 0.3) is 0 Å². The van der Waals surface area contributed by atoms with Gasteiger partial charge in [0.05, 0.1) is 27.6 Å². The van der Waals surface area contributed by atoms with Crippen molar-refractivity contribution in [2.45, 2.75) is 55.5 Å². The molecule has 192 valence electrons. The highest BCUT2D eigenvalue weighted by Crippen LogP contribution is 2.38. The van der Waals surface area contributed by atoms with E-state index in [9.17, 15) is 18.0 Å². The Kier molecular flexibility index (Phi) is 6.86. The number of carbonyl (C=O) groups is 2. The number of nitrogens with zero attached hydrogens (tertiary/aromatic N) is 1. The fourth-order valence-electron chi connectivity index (χ4n) is 5.36. The maximum absolute atomic E-state index is 13.8. The second-order valence-electron chi connectivity index (χ2n) is 10.1. The molecule has 2 amide bonds. The summed E-state index contributed by atoms with van der Waals surface area (Å²) in [5.74, 6) is 0.128. The van der Waals surface area contributed by atoms with E-state index in [2.05, 4.69) is 19.2 Å². The van der Waals surface area contributed by atoms with Crippen LogP contribution in [0.1, 0.15) is 59.4 Å². The van der Waals surface area contributed by atoms with Crippen molar-refractivity contribution < 1.29 is 18.0 Å². The van der Waals surface area contributed by atoms with Crippen LogP contribution in [-0.2, 0) is 16.4 Å². The first-order valence-corrected chi connectivity index (χ1v) is 14.4. The lowest BCUT2D eigenvalue weighted by atomic mass is 9.78. The maximum Gasteiger partial charge on any atom is 0.259 e. The molecule has 1 N–H and O–H groups in total. The van der Waals surface area contributed by atoms with Gasteiger partial charge in [-0.15, -0.1) is 0 Å². The second kappa shape index (κ2) is 9.95. The first-order valence-electron chi connectivity index (χ1n) is 12.5. The highest BCUT2D eigenvalue weighted by molar-refractivity contribution is 7.91. The molecule has 0 spiro atoms. The van der Waals surface area contributed by atoms with Gasteiger partial charge in [0.25, 0.3) is 11.8 Å². The molecule has 1 heterocycles. The molecule has 3 aromatic carbocycles. The lowest BCUT2D eigenvalue weighted by Gasteiger charge is -2.34. The van der Waals surface area contributed by atoms with Gasteiger partial charge >= 0.3 is 0 Å². The smallest absolute Gasteiger partial charge is 0.259 e.